The number of aromatic nitrogens is 1. The van der Waals surface area contributed by atoms with Crippen LogP contribution in [0.15, 0.2) is 30.3 Å². The number of hydrazine groups is 1. The molecule has 0 saturated heterocycles. The van der Waals surface area contributed by atoms with Crippen molar-refractivity contribution in [1.29, 1.82) is 0 Å². The lowest BCUT2D eigenvalue weighted by Gasteiger charge is -2.09. The molecule has 1 heterocycles. The molecule has 100 valence electrons. The molecule has 0 aliphatic carbocycles. The van der Waals surface area contributed by atoms with Gasteiger partial charge in [-0.3, -0.25) is 0 Å². The van der Waals surface area contributed by atoms with Crippen molar-refractivity contribution in [3.8, 4) is 5.75 Å². The van der Waals surface area contributed by atoms with E-state index in [1.54, 1.807) is 12.1 Å². The normalized spacial score (nSPS) is 10.3. The van der Waals surface area contributed by atoms with Crippen molar-refractivity contribution in [2.24, 2.45) is 5.84 Å². The molecule has 19 heavy (non-hydrogen) atoms. The smallest absolute Gasteiger partial charge is 0.200 e. The van der Waals surface area contributed by atoms with Gasteiger partial charge in [0.15, 0.2) is 11.6 Å². The summed E-state index contributed by atoms with van der Waals surface area (Å²) in [5.41, 5.74) is 2.72. The molecule has 0 spiro atoms. The Morgan fingerprint density at radius 1 is 1.26 bits per heavy atom. The maximum Gasteiger partial charge on any atom is 0.200 e. The molecule has 0 atom stereocenters. The molecule has 3 N–H and O–H groups in total. The molecule has 0 bridgehead atoms. The van der Waals surface area contributed by atoms with Crippen LogP contribution in [0.4, 0.5) is 14.6 Å². The maximum atomic E-state index is 13.4. The first-order valence-corrected chi connectivity index (χ1v) is 5.68. The molecule has 4 nitrogen and oxygen atoms in total. The van der Waals surface area contributed by atoms with Gasteiger partial charge in [-0.05, 0) is 24.3 Å². The lowest BCUT2D eigenvalue weighted by Crippen LogP contribution is -2.10. The number of nitrogens with two attached hydrogens (primary N) is 1. The number of nitrogens with zero attached hydrogens (tertiary/aromatic N) is 1. The summed E-state index contributed by atoms with van der Waals surface area (Å²) in [5, 5.41) is 0.343. The number of rotatable bonds is 4. The third-order valence-corrected chi connectivity index (χ3v) is 2.69. The van der Waals surface area contributed by atoms with Crippen LogP contribution in [-0.4, -0.2) is 4.98 Å². The van der Waals surface area contributed by atoms with Crippen LogP contribution in [0.5, 0.6) is 5.75 Å². The topological polar surface area (TPSA) is 60.2 Å². The van der Waals surface area contributed by atoms with Gasteiger partial charge >= 0.3 is 0 Å². The fourth-order valence-corrected chi connectivity index (χ4v) is 1.57. The second kappa shape index (κ2) is 5.81. The number of hydrogen-bond acceptors (Lipinski definition) is 4. The summed E-state index contributed by atoms with van der Waals surface area (Å²) in [6, 6.07) is 6.82. The van der Waals surface area contributed by atoms with Gasteiger partial charge in [0.2, 0.25) is 5.82 Å². The minimum absolute atomic E-state index is 0.102. The average Bonchev–Trinajstić information content (AvgIpc) is 2.42. The highest BCUT2D eigenvalue weighted by Crippen LogP contribution is 2.22. The zero-order valence-corrected chi connectivity index (χ0v) is 10.4. The zero-order valence-electron chi connectivity index (χ0n) is 9.66. The number of ether oxygens (including phenoxy) is 1. The van der Waals surface area contributed by atoms with Gasteiger partial charge in [0.25, 0.3) is 0 Å². The van der Waals surface area contributed by atoms with Gasteiger partial charge in [0, 0.05) is 0 Å². The van der Waals surface area contributed by atoms with Crippen molar-refractivity contribution >= 4 is 17.4 Å². The highest BCUT2D eigenvalue weighted by molar-refractivity contribution is 6.31. The fraction of sp³-hybridized carbons (Fsp3) is 0.0833. The maximum absolute atomic E-state index is 13.4. The van der Waals surface area contributed by atoms with Gasteiger partial charge in [-0.1, -0.05) is 17.7 Å². The molecule has 0 radical (unpaired) electrons. The molecule has 0 aliphatic heterocycles. The Kier molecular flexibility index (Phi) is 4.13. The van der Waals surface area contributed by atoms with Crippen LogP contribution in [0, 0.1) is 11.6 Å². The Morgan fingerprint density at radius 3 is 2.79 bits per heavy atom. The summed E-state index contributed by atoms with van der Waals surface area (Å²) in [7, 11) is 0. The third-order valence-electron chi connectivity index (χ3n) is 2.35. The van der Waals surface area contributed by atoms with Crippen LogP contribution in [0.1, 0.15) is 5.69 Å². The van der Waals surface area contributed by atoms with E-state index >= 15 is 0 Å². The predicted molar refractivity (Wildman–Crippen MR) is 67.7 cm³/mol. The van der Waals surface area contributed by atoms with Crippen molar-refractivity contribution in [2.45, 2.75) is 6.61 Å². The number of nitrogens with one attached hydrogen (secondary N) is 1. The Labute approximate surface area is 113 Å². The summed E-state index contributed by atoms with van der Waals surface area (Å²) in [5.74, 6) is 3.37. The van der Waals surface area contributed by atoms with Crippen LogP contribution >= 0.6 is 11.6 Å². The van der Waals surface area contributed by atoms with E-state index in [0.29, 0.717) is 16.5 Å². The summed E-state index contributed by atoms with van der Waals surface area (Å²) in [6.07, 6.45) is 0. The Balaban J connectivity index is 2.16. The fourth-order valence-electron chi connectivity index (χ4n) is 1.41. The van der Waals surface area contributed by atoms with E-state index in [1.807, 2.05) is 0 Å². The Hall–Kier alpha value is -1.92. The highest BCUT2D eigenvalue weighted by Gasteiger charge is 2.10. The van der Waals surface area contributed by atoms with E-state index in [1.165, 1.54) is 12.1 Å². The molecule has 7 heteroatoms. The number of hydrogen-bond donors (Lipinski definition) is 2. The lowest BCUT2D eigenvalue weighted by molar-refractivity contribution is 0.281. The minimum atomic E-state index is -1.05. The molecule has 0 aliphatic rings. The quantitative estimate of drug-likeness (QED) is 0.670. The zero-order chi connectivity index (χ0) is 13.8. The number of nitrogen functional groups attached to an aromatic ring is 1. The summed E-state index contributed by atoms with van der Waals surface area (Å²) >= 11 is 5.91. The van der Waals surface area contributed by atoms with Gasteiger partial charge in [-0.25, -0.2) is 15.2 Å². The SMILES string of the molecule is NNc1ccc(Cl)c(COc2cccc(F)c2F)n1. The van der Waals surface area contributed by atoms with Gasteiger partial charge in [0.1, 0.15) is 12.4 Å². The van der Waals surface area contributed by atoms with Crippen molar-refractivity contribution in [3.63, 3.8) is 0 Å². The molecular formula is C12H10ClF2N3O. The van der Waals surface area contributed by atoms with Gasteiger partial charge in [-0.2, -0.15) is 4.39 Å². The molecule has 0 unspecified atom stereocenters. The summed E-state index contributed by atoms with van der Waals surface area (Å²) in [4.78, 5) is 4.05. The van der Waals surface area contributed by atoms with Gasteiger partial charge in [0.05, 0.1) is 10.7 Å². The highest BCUT2D eigenvalue weighted by atomic mass is 35.5. The first kappa shape index (κ1) is 13.5. The molecule has 0 fully saturated rings. The van der Waals surface area contributed by atoms with Crippen molar-refractivity contribution < 1.29 is 13.5 Å². The van der Waals surface area contributed by atoms with Crippen LogP contribution in [0.3, 0.4) is 0 Å². The lowest BCUT2D eigenvalue weighted by atomic mass is 10.3. The van der Waals surface area contributed by atoms with Crippen LogP contribution in [0.25, 0.3) is 0 Å². The van der Waals surface area contributed by atoms with Crippen LogP contribution < -0.4 is 16.0 Å². The van der Waals surface area contributed by atoms with Crippen molar-refractivity contribution in [1.82, 2.24) is 4.98 Å². The third kappa shape index (κ3) is 3.10. The predicted octanol–water partition coefficient (Wildman–Crippen LogP) is 2.88. The molecule has 1 aromatic carbocycles. The van der Waals surface area contributed by atoms with Crippen molar-refractivity contribution in [3.05, 3.63) is 52.7 Å². The van der Waals surface area contributed by atoms with E-state index in [4.69, 9.17) is 22.2 Å². The molecular weight excluding hydrogens is 276 g/mol. The molecule has 0 amide bonds. The molecule has 2 aromatic rings. The largest absolute Gasteiger partial charge is 0.484 e. The molecule has 2 rings (SSSR count). The standard InChI is InChI=1S/C12H10ClF2N3O/c13-7-4-5-11(18-16)17-9(7)6-19-10-3-1-2-8(14)12(10)15/h1-5H,6,16H2,(H,17,18). The summed E-state index contributed by atoms with van der Waals surface area (Å²) < 4.78 is 31.5. The van der Waals surface area contributed by atoms with Gasteiger partial charge in [-0.15, -0.1) is 0 Å². The van der Waals surface area contributed by atoms with E-state index < -0.39 is 11.6 Å². The second-order valence-corrected chi connectivity index (χ2v) is 4.02. The number of benzene rings is 1. The second-order valence-electron chi connectivity index (χ2n) is 3.61. The first-order chi connectivity index (χ1) is 9.11. The molecule has 0 saturated carbocycles. The van der Waals surface area contributed by atoms with Gasteiger partial charge < -0.3 is 10.2 Å². The first-order valence-electron chi connectivity index (χ1n) is 5.30. The summed E-state index contributed by atoms with van der Waals surface area (Å²) in [6.45, 7) is -0.102. The Morgan fingerprint density at radius 2 is 2.05 bits per heavy atom. The van der Waals surface area contributed by atoms with Crippen LogP contribution in [-0.2, 0) is 6.61 Å². The number of pyridine rings is 1. The molecule has 1 aromatic heterocycles. The van der Waals surface area contributed by atoms with E-state index in [9.17, 15) is 8.78 Å². The van der Waals surface area contributed by atoms with Crippen molar-refractivity contribution in [2.75, 3.05) is 5.43 Å². The van der Waals surface area contributed by atoms with E-state index in [2.05, 4.69) is 10.4 Å². The monoisotopic (exact) mass is 285 g/mol. The number of anilines is 1. The number of halogens is 3. The minimum Gasteiger partial charge on any atom is -0.484 e. The average molecular weight is 286 g/mol. The Bertz CT molecular complexity index is 595. The van der Waals surface area contributed by atoms with Crippen LogP contribution in [0.2, 0.25) is 5.02 Å². The van der Waals surface area contributed by atoms with E-state index in [0.717, 1.165) is 6.07 Å². The van der Waals surface area contributed by atoms with E-state index in [-0.39, 0.29) is 12.4 Å².